The predicted octanol–water partition coefficient (Wildman–Crippen LogP) is 2.85. The summed E-state index contributed by atoms with van der Waals surface area (Å²) in [4.78, 5) is 4.06. The maximum Gasteiger partial charge on any atom is 0.0829 e. The van der Waals surface area contributed by atoms with Gasteiger partial charge in [0.15, 0.2) is 0 Å². The van der Waals surface area contributed by atoms with Crippen molar-refractivity contribution in [2.45, 2.75) is 13.8 Å². The zero-order chi connectivity index (χ0) is 10.7. The molecule has 0 fully saturated rings. The van der Waals surface area contributed by atoms with E-state index in [-0.39, 0.29) is 24.8 Å². The van der Waals surface area contributed by atoms with E-state index in [0.717, 1.165) is 23.6 Å². The maximum absolute atomic E-state index is 4.41. The highest BCUT2D eigenvalue weighted by Crippen LogP contribution is 2.15. The molecular weight excluding hydrogens is 259 g/mol. The van der Waals surface area contributed by atoms with Crippen molar-refractivity contribution in [2.24, 2.45) is 0 Å². The molecule has 94 valence electrons. The maximum atomic E-state index is 4.41. The van der Waals surface area contributed by atoms with E-state index in [4.69, 9.17) is 0 Å². The van der Waals surface area contributed by atoms with E-state index >= 15 is 0 Å². The van der Waals surface area contributed by atoms with Crippen LogP contribution >= 0.6 is 24.8 Å². The van der Waals surface area contributed by atoms with Gasteiger partial charge in [-0.2, -0.15) is 5.10 Å². The highest BCUT2D eigenvalue weighted by molar-refractivity contribution is 5.85. The SMILES string of the molecule is CCNc1cn(-c2cccnc2)nc1C.Cl.Cl. The van der Waals surface area contributed by atoms with Gasteiger partial charge < -0.3 is 5.32 Å². The van der Waals surface area contributed by atoms with Crippen molar-refractivity contribution >= 4 is 30.5 Å². The summed E-state index contributed by atoms with van der Waals surface area (Å²) in [6.45, 7) is 4.96. The Hall–Kier alpha value is -1.26. The minimum Gasteiger partial charge on any atom is -0.383 e. The zero-order valence-electron chi connectivity index (χ0n) is 9.75. The Kier molecular flexibility index (Phi) is 6.61. The van der Waals surface area contributed by atoms with Gasteiger partial charge in [-0.3, -0.25) is 4.98 Å². The van der Waals surface area contributed by atoms with E-state index in [2.05, 4.69) is 22.3 Å². The summed E-state index contributed by atoms with van der Waals surface area (Å²) in [5.41, 5.74) is 3.05. The molecule has 0 atom stereocenters. The first kappa shape index (κ1) is 15.7. The van der Waals surface area contributed by atoms with Gasteiger partial charge in [-0.05, 0) is 26.0 Å². The summed E-state index contributed by atoms with van der Waals surface area (Å²) in [6, 6.07) is 3.88. The topological polar surface area (TPSA) is 42.7 Å². The first-order valence-corrected chi connectivity index (χ1v) is 5.02. The van der Waals surface area contributed by atoms with Crippen molar-refractivity contribution in [3.63, 3.8) is 0 Å². The predicted molar refractivity (Wildman–Crippen MR) is 74.8 cm³/mol. The molecule has 0 saturated heterocycles. The number of hydrogen-bond donors (Lipinski definition) is 1. The van der Waals surface area contributed by atoms with E-state index in [0.29, 0.717) is 0 Å². The molecule has 2 heterocycles. The van der Waals surface area contributed by atoms with Gasteiger partial charge in [-0.15, -0.1) is 24.8 Å². The molecule has 0 saturated carbocycles. The van der Waals surface area contributed by atoms with Crippen LogP contribution in [-0.2, 0) is 0 Å². The highest BCUT2D eigenvalue weighted by atomic mass is 35.5. The molecule has 0 aromatic carbocycles. The zero-order valence-corrected chi connectivity index (χ0v) is 11.4. The largest absolute Gasteiger partial charge is 0.383 e. The van der Waals surface area contributed by atoms with E-state index in [1.807, 2.05) is 29.9 Å². The minimum atomic E-state index is 0. The van der Waals surface area contributed by atoms with Gasteiger partial charge in [-0.1, -0.05) is 0 Å². The van der Waals surface area contributed by atoms with Gasteiger partial charge in [0, 0.05) is 12.7 Å². The summed E-state index contributed by atoms with van der Waals surface area (Å²) in [7, 11) is 0. The van der Waals surface area contributed by atoms with Crippen LogP contribution < -0.4 is 5.32 Å². The van der Waals surface area contributed by atoms with Crippen LogP contribution in [0, 0.1) is 6.92 Å². The van der Waals surface area contributed by atoms with Crippen LogP contribution in [0.4, 0.5) is 5.69 Å². The molecule has 0 amide bonds. The van der Waals surface area contributed by atoms with E-state index in [1.54, 1.807) is 12.4 Å². The molecule has 0 unspecified atom stereocenters. The second-order valence-electron chi connectivity index (χ2n) is 3.31. The fourth-order valence-corrected chi connectivity index (χ4v) is 1.45. The number of aromatic nitrogens is 3. The second-order valence-corrected chi connectivity index (χ2v) is 3.31. The molecule has 2 aromatic rings. The van der Waals surface area contributed by atoms with E-state index in [9.17, 15) is 0 Å². The van der Waals surface area contributed by atoms with Crippen LogP contribution in [0.5, 0.6) is 0 Å². The molecule has 4 nitrogen and oxygen atoms in total. The van der Waals surface area contributed by atoms with Gasteiger partial charge in [0.05, 0.1) is 29.5 Å². The molecule has 17 heavy (non-hydrogen) atoms. The normalized spacial score (nSPS) is 9.06. The first-order valence-electron chi connectivity index (χ1n) is 5.02. The Bertz CT molecular complexity index is 442. The lowest BCUT2D eigenvalue weighted by Crippen LogP contribution is -1.96. The lowest BCUT2D eigenvalue weighted by atomic mass is 10.4. The van der Waals surface area contributed by atoms with Crippen molar-refractivity contribution in [2.75, 3.05) is 11.9 Å². The number of rotatable bonds is 3. The van der Waals surface area contributed by atoms with Gasteiger partial charge in [0.2, 0.25) is 0 Å². The minimum absolute atomic E-state index is 0. The second kappa shape index (κ2) is 7.14. The molecular formula is C11H16Cl2N4. The lowest BCUT2D eigenvalue weighted by Gasteiger charge is -1.98. The third kappa shape index (κ3) is 3.61. The van der Waals surface area contributed by atoms with Crippen LogP contribution in [0.3, 0.4) is 0 Å². The number of nitrogens with one attached hydrogen (secondary N) is 1. The summed E-state index contributed by atoms with van der Waals surface area (Å²) >= 11 is 0. The Morgan fingerprint density at radius 2 is 2.12 bits per heavy atom. The molecule has 0 radical (unpaired) electrons. The number of nitrogens with zero attached hydrogens (tertiary/aromatic N) is 3. The van der Waals surface area contributed by atoms with Crippen LogP contribution in [0.2, 0.25) is 0 Å². The van der Waals surface area contributed by atoms with Crippen molar-refractivity contribution in [3.8, 4) is 5.69 Å². The standard InChI is InChI=1S/C11H14N4.2ClH/c1-3-13-11-8-15(14-9(11)2)10-5-4-6-12-7-10;;/h4-8,13H,3H2,1-2H3;2*1H. The fourth-order valence-electron chi connectivity index (χ4n) is 1.45. The van der Waals surface area contributed by atoms with Crippen LogP contribution in [-0.4, -0.2) is 21.3 Å². The Morgan fingerprint density at radius 3 is 2.71 bits per heavy atom. The van der Waals surface area contributed by atoms with Crippen molar-refractivity contribution in [1.29, 1.82) is 0 Å². The lowest BCUT2D eigenvalue weighted by molar-refractivity contribution is 0.857. The van der Waals surface area contributed by atoms with E-state index in [1.165, 1.54) is 0 Å². The molecule has 0 bridgehead atoms. The molecule has 2 aromatic heterocycles. The van der Waals surface area contributed by atoms with Gasteiger partial charge >= 0.3 is 0 Å². The summed E-state index contributed by atoms with van der Waals surface area (Å²) in [5, 5.41) is 7.68. The molecule has 2 rings (SSSR count). The Morgan fingerprint density at radius 1 is 1.35 bits per heavy atom. The van der Waals surface area contributed by atoms with Gasteiger partial charge in [0.1, 0.15) is 0 Å². The van der Waals surface area contributed by atoms with E-state index < -0.39 is 0 Å². The number of hydrogen-bond acceptors (Lipinski definition) is 3. The van der Waals surface area contributed by atoms with Crippen LogP contribution in [0.15, 0.2) is 30.7 Å². The van der Waals surface area contributed by atoms with Gasteiger partial charge in [-0.25, -0.2) is 4.68 Å². The van der Waals surface area contributed by atoms with Gasteiger partial charge in [0.25, 0.3) is 0 Å². The molecule has 0 aliphatic rings. The van der Waals surface area contributed by atoms with Crippen molar-refractivity contribution in [3.05, 3.63) is 36.4 Å². The molecule has 0 spiro atoms. The first-order chi connectivity index (χ1) is 7.31. The van der Waals surface area contributed by atoms with Crippen molar-refractivity contribution in [1.82, 2.24) is 14.8 Å². The summed E-state index contributed by atoms with van der Waals surface area (Å²) in [6.07, 6.45) is 5.53. The third-order valence-electron chi connectivity index (χ3n) is 2.18. The molecule has 0 aliphatic heterocycles. The summed E-state index contributed by atoms with van der Waals surface area (Å²) in [5.74, 6) is 0. The Labute approximate surface area is 113 Å². The molecule has 1 N–H and O–H groups in total. The monoisotopic (exact) mass is 274 g/mol. The number of halogens is 2. The fraction of sp³-hybridized carbons (Fsp3) is 0.273. The molecule has 0 aliphatic carbocycles. The Balaban J connectivity index is 0.00000128. The smallest absolute Gasteiger partial charge is 0.0829 e. The number of aryl methyl sites for hydroxylation is 1. The average Bonchev–Trinajstić information content (AvgIpc) is 2.63. The number of anilines is 1. The third-order valence-corrected chi connectivity index (χ3v) is 2.18. The number of pyridine rings is 1. The average molecular weight is 275 g/mol. The van der Waals surface area contributed by atoms with Crippen LogP contribution in [0.1, 0.15) is 12.6 Å². The van der Waals surface area contributed by atoms with Crippen molar-refractivity contribution < 1.29 is 0 Å². The highest BCUT2D eigenvalue weighted by Gasteiger charge is 2.04. The molecule has 6 heteroatoms. The summed E-state index contributed by atoms with van der Waals surface area (Å²) < 4.78 is 1.83. The van der Waals surface area contributed by atoms with Crippen LogP contribution in [0.25, 0.3) is 5.69 Å². The quantitative estimate of drug-likeness (QED) is 0.936.